The number of halogens is 1. The minimum absolute atomic E-state index is 0.0250. The van der Waals surface area contributed by atoms with E-state index < -0.39 is 9.05 Å². The van der Waals surface area contributed by atoms with Gasteiger partial charge in [-0.3, -0.25) is 9.48 Å². The quantitative estimate of drug-likeness (QED) is 0.819. The molecule has 9 heteroatoms. The van der Waals surface area contributed by atoms with Gasteiger partial charge in [-0.25, -0.2) is 8.42 Å². The van der Waals surface area contributed by atoms with E-state index in [0.29, 0.717) is 24.6 Å². The van der Waals surface area contributed by atoms with Gasteiger partial charge in [0.15, 0.2) is 0 Å². The molecule has 1 fully saturated rings. The third-order valence-corrected chi connectivity index (χ3v) is 4.98. The Morgan fingerprint density at radius 3 is 2.57 bits per heavy atom. The molecule has 0 saturated carbocycles. The average Bonchev–Trinajstić information content (AvgIpc) is 2.64. The number of nitrogens with zero attached hydrogens (tertiary/aromatic N) is 2. The highest BCUT2D eigenvalue weighted by atomic mass is 35.7. The Balaban J connectivity index is 2.08. The first-order chi connectivity index (χ1) is 9.79. The summed E-state index contributed by atoms with van der Waals surface area (Å²) in [7, 11) is 1.51. The van der Waals surface area contributed by atoms with Crippen molar-refractivity contribution < 1.29 is 17.9 Å². The molecule has 118 valence electrons. The molecule has 1 aromatic heterocycles. The van der Waals surface area contributed by atoms with Crippen molar-refractivity contribution in [2.24, 2.45) is 0 Å². The molecule has 7 nitrogen and oxygen atoms in total. The summed E-state index contributed by atoms with van der Waals surface area (Å²) in [6.45, 7) is 4.38. The lowest BCUT2D eigenvalue weighted by Crippen LogP contribution is -2.40. The molecule has 1 saturated heterocycles. The van der Waals surface area contributed by atoms with Crippen LogP contribution in [0.2, 0.25) is 0 Å². The van der Waals surface area contributed by atoms with Crippen molar-refractivity contribution in [1.82, 2.24) is 15.1 Å². The Kier molecular flexibility index (Phi) is 4.90. The summed E-state index contributed by atoms with van der Waals surface area (Å²) in [5, 5.41) is 6.98. The first-order valence-electron chi connectivity index (χ1n) is 6.65. The maximum Gasteiger partial charge on any atom is 0.264 e. The molecule has 0 aromatic carbocycles. The lowest BCUT2D eigenvalue weighted by Gasteiger charge is -2.23. The van der Waals surface area contributed by atoms with E-state index in [1.807, 2.05) is 0 Å². The highest BCUT2D eigenvalue weighted by Gasteiger charge is 2.24. The molecule has 0 atom stereocenters. The molecule has 1 aliphatic heterocycles. The van der Waals surface area contributed by atoms with Crippen molar-refractivity contribution in [2.45, 2.75) is 44.2 Å². The Labute approximate surface area is 128 Å². The van der Waals surface area contributed by atoms with Crippen molar-refractivity contribution >= 4 is 25.6 Å². The smallest absolute Gasteiger partial charge is 0.264 e. The molecule has 1 aliphatic rings. The monoisotopic (exact) mass is 335 g/mol. The van der Waals surface area contributed by atoms with E-state index in [-0.39, 0.29) is 23.4 Å². The summed E-state index contributed by atoms with van der Waals surface area (Å²) in [6.07, 6.45) is 1.56. The summed E-state index contributed by atoms with van der Waals surface area (Å²) in [5.41, 5.74) is 0.658. The van der Waals surface area contributed by atoms with Gasteiger partial charge in [-0.05, 0) is 26.7 Å². The van der Waals surface area contributed by atoms with Crippen LogP contribution in [0.4, 0.5) is 0 Å². The molecule has 1 N–H and O–H groups in total. The van der Waals surface area contributed by atoms with Crippen molar-refractivity contribution in [1.29, 1.82) is 0 Å². The van der Waals surface area contributed by atoms with Gasteiger partial charge in [0.25, 0.3) is 9.05 Å². The molecule has 2 heterocycles. The molecule has 1 aromatic rings. The number of amides is 1. The van der Waals surface area contributed by atoms with Gasteiger partial charge in [-0.1, -0.05) is 0 Å². The maximum absolute atomic E-state index is 12.0. The van der Waals surface area contributed by atoms with Crippen molar-refractivity contribution in [3.8, 4) is 0 Å². The Morgan fingerprint density at radius 2 is 2.05 bits per heavy atom. The molecule has 0 aliphatic carbocycles. The number of aromatic nitrogens is 2. The predicted octanol–water partition coefficient (Wildman–Crippen LogP) is 0.723. The SMILES string of the molecule is Cc1nn(CC(=O)NC2CCOCC2)c(C)c1S(=O)(=O)Cl. The third-order valence-electron chi connectivity index (χ3n) is 3.44. The molecule has 0 spiro atoms. The predicted molar refractivity (Wildman–Crippen MR) is 76.7 cm³/mol. The van der Waals surface area contributed by atoms with Gasteiger partial charge in [-0.2, -0.15) is 5.10 Å². The normalized spacial score (nSPS) is 16.9. The minimum Gasteiger partial charge on any atom is -0.381 e. The molecule has 0 unspecified atom stereocenters. The van der Waals surface area contributed by atoms with E-state index in [1.54, 1.807) is 13.8 Å². The fourth-order valence-electron chi connectivity index (χ4n) is 2.44. The number of aryl methyl sites for hydroxylation is 1. The van der Waals surface area contributed by atoms with Gasteiger partial charge >= 0.3 is 0 Å². The second-order valence-electron chi connectivity index (χ2n) is 5.05. The van der Waals surface area contributed by atoms with Crippen LogP contribution in [0.1, 0.15) is 24.2 Å². The number of ether oxygens (including phenoxy) is 1. The zero-order valence-electron chi connectivity index (χ0n) is 11.9. The van der Waals surface area contributed by atoms with E-state index in [0.717, 1.165) is 12.8 Å². The van der Waals surface area contributed by atoms with Crippen LogP contribution in [0.25, 0.3) is 0 Å². The maximum atomic E-state index is 12.0. The number of rotatable bonds is 4. The highest BCUT2D eigenvalue weighted by molar-refractivity contribution is 8.13. The van der Waals surface area contributed by atoms with Crippen LogP contribution in [-0.4, -0.2) is 43.4 Å². The van der Waals surface area contributed by atoms with Gasteiger partial charge in [0.2, 0.25) is 5.91 Å². The van der Waals surface area contributed by atoms with Crippen LogP contribution in [0.5, 0.6) is 0 Å². The van der Waals surface area contributed by atoms with Gasteiger partial charge < -0.3 is 10.1 Å². The second-order valence-corrected chi connectivity index (χ2v) is 7.55. The summed E-state index contributed by atoms with van der Waals surface area (Å²) >= 11 is 0. The Bertz CT molecular complexity index is 635. The van der Waals surface area contributed by atoms with Crippen LogP contribution in [0.3, 0.4) is 0 Å². The van der Waals surface area contributed by atoms with Crippen molar-refractivity contribution in [2.75, 3.05) is 13.2 Å². The van der Waals surface area contributed by atoms with E-state index in [2.05, 4.69) is 10.4 Å². The molecule has 2 rings (SSSR count). The summed E-state index contributed by atoms with van der Waals surface area (Å²) < 4.78 is 29.6. The Hall–Kier alpha value is -1.12. The van der Waals surface area contributed by atoms with Crippen LogP contribution in [-0.2, 0) is 25.1 Å². The fourth-order valence-corrected chi connectivity index (χ4v) is 3.96. The van der Waals surface area contributed by atoms with Gasteiger partial charge in [-0.15, -0.1) is 0 Å². The zero-order chi connectivity index (χ0) is 15.6. The van der Waals surface area contributed by atoms with Crippen molar-refractivity contribution in [3.63, 3.8) is 0 Å². The van der Waals surface area contributed by atoms with E-state index >= 15 is 0 Å². The minimum atomic E-state index is -3.87. The summed E-state index contributed by atoms with van der Waals surface area (Å²) in [4.78, 5) is 12.0. The topological polar surface area (TPSA) is 90.3 Å². The number of hydrogen-bond donors (Lipinski definition) is 1. The molecular formula is C12H18ClN3O4S. The molecular weight excluding hydrogens is 318 g/mol. The number of carbonyl (C=O) groups excluding carboxylic acids is 1. The molecule has 0 bridgehead atoms. The second kappa shape index (κ2) is 6.33. The van der Waals surface area contributed by atoms with Crippen molar-refractivity contribution in [3.05, 3.63) is 11.4 Å². The fraction of sp³-hybridized carbons (Fsp3) is 0.667. The van der Waals surface area contributed by atoms with Gasteiger partial charge in [0.1, 0.15) is 11.4 Å². The zero-order valence-corrected chi connectivity index (χ0v) is 13.5. The van der Waals surface area contributed by atoms with Gasteiger partial charge in [0.05, 0.1) is 11.4 Å². The van der Waals surface area contributed by atoms with E-state index in [4.69, 9.17) is 15.4 Å². The highest BCUT2D eigenvalue weighted by Crippen LogP contribution is 2.23. The summed E-state index contributed by atoms with van der Waals surface area (Å²) in [6, 6.07) is 0.0967. The number of hydrogen-bond acceptors (Lipinski definition) is 5. The summed E-state index contributed by atoms with van der Waals surface area (Å²) in [5.74, 6) is -0.203. The van der Waals surface area contributed by atoms with E-state index in [1.165, 1.54) is 4.68 Å². The first kappa shape index (κ1) is 16.3. The van der Waals surface area contributed by atoms with Crippen LogP contribution < -0.4 is 5.32 Å². The van der Waals surface area contributed by atoms with E-state index in [9.17, 15) is 13.2 Å². The Morgan fingerprint density at radius 1 is 1.43 bits per heavy atom. The lowest BCUT2D eigenvalue weighted by atomic mass is 10.1. The number of carbonyl (C=O) groups is 1. The van der Waals surface area contributed by atoms with Crippen LogP contribution in [0, 0.1) is 13.8 Å². The van der Waals surface area contributed by atoms with Gasteiger partial charge in [0, 0.05) is 29.9 Å². The standard InChI is InChI=1S/C12H18ClN3O4S/c1-8-12(21(13,18)19)9(2)16(15-8)7-11(17)14-10-3-5-20-6-4-10/h10H,3-7H2,1-2H3,(H,14,17). The largest absolute Gasteiger partial charge is 0.381 e. The average molecular weight is 336 g/mol. The van der Waals surface area contributed by atoms with Crippen LogP contribution in [0.15, 0.2) is 4.90 Å². The number of nitrogens with one attached hydrogen (secondary N) is 1. The van der Waals surface area contributed by atoms with Crippen LogP contribution >= 0.6 is 10.7 Å². The molecule has 0 radical (unpaired) electrons. The third kappa shape index (κ3) is 3.96. The lowest BCUT2D eigenvalue weighted by molar-refractivity contribution is -0.123. The molecule has 21 heavy (non-hydrogen) atoms. The molecule has 1 amide bonds. The first-order valence-corrected chi connectivity index (χ1v) is 8.95.